The van der Waals surface area contributed by atoms with E-state index in [9.17, 15) is 4.79 Å². The van der Waals surface area contributed by atoms with E-state index >= 15 is 0 Å². The molecule has 2 N–H and O–H groups in total. The molecule has 0 saturated carbocycles. The highest BCUT2D eigenvalue weighted by atomic mass is 79.9. The molecule has 0 fully saturated rings. The molecule has 0 aliphatic rings. The van der Waals surface area contributed by atoms with Gasteiger partial charge in [0, 0.05) is 22.5 Å². The smallest absolute Gasteiger partial charge is 0.163 e. The molecule has 82 valence electrons. The lowest BCUT2D eigenvalue weighted by Gasteiger charge is -2.07. The molecule has 1 unspecified atom stereocenters. The molecular weight excluding hydrogens is 254 g/mol. The second kappa shape index (κ2) is 5.42. The van der Waals surface area contributed by atoms with Gasteiger partial charge in [0.25, 0.3) is 0 Å². The SMILES string of the molecule is Cc1ccc(Br)cc1C(=O)CCC(C)N. The zero-order valence-corrected chi connectivity index (χ0v) is 10.7. The average Bonchev–Trinajstić information content (AvgIpc) is 2.18. The Labute approximate surface area is 99.0 Å². The molecule has 0 bridgehead atoms. The van der Waals surface area contributed by atoms with Crippen molar-refractivity contribution in [2.24, 2.45) is 5.73 Å². The number of rotatable bonds is 4. The minimum Gasteiger partial charge on any atom is -0.328 e. The number of carbonyl (C=O) groups excluding carboxylic acids is 1. The Morgan fingerprint density at radius 2 is 2.20 bits per heavy atom. The third kappa shape index (κ3) is 3.76. The van der Waals surface area contributed by atoms with Crippen molar-refractivity contribution >= 4 is 21.7 Å². The second-order valence-corrected chi connectivity index (χ2v) is 4.81. The highest BCUT2D eigenvalue weighted by Gasteiger charge is 2.10. The molecule has 0 aliphatic carbocycles. The van der Waals surface area contributed by atoms with Crippen LogP contribution in [-0.2, 0) is 0 Å². The Bertz CT molecular complexity index is 361. The van der Waals surface area contributed by atoms with E-state index in [2.05, 4.69) is 15.9 Å². The van der Waals surface area contributed by atoms with Gasteiger partial charge in [-0.3, -0.25) is 4.79 Å². The zero-order chi connectivity index (χ0) is 11.4. The van der Waals surface area contributed by atoms with E-state index in [1.54, 1.807) is 0 Å². The van der Waals surface area contributed by atoms with Crippen LogP contribution in [-0.4, -0.2) is 11.8 Å². The van der Waals surface area contributed by atoms with Crippen LogP contribution in [0.15, 0.2) is 22.7 Å². The van der Waals surface area contributed by atoms with E-state index in [-0.39, 0.29) is 11.8 Å². The predicted molar refractivity (Wildman–Crippen MR) is 66.1 cm³/mol. The summed E-state index contributed by atoms with van der Waals surface area (Å²) >= 11 is 3.37. The summed E-state index contributed by atoms with van der Waals surface area (Å²) in [6.45, 7) is 3.87. The predicted octanol–water partition coefficient (Wildman–Crippen LogP) is 3.07. The molecule has 1 rings (SSSR count). The van der Waals surface area contributed by atoms with E-state index in [4.69, 9.17) is 5.73 Å². The van der Waals surface area contributed by atoms with Crippen molar-refractivity contribution in [2.75, 3.05) is 0 Å². The van der Waals surface area contributed by atoms with Crippen LogP contribution in [0.1, 0.15) is 35.7 Å². The van der Waals surface area contributed by atoms with Crippen molar-refractivity contribution in [3.8, 4) is 0 Å². The molecule has 0 amide bonds. The van der Waals surface area contributed by atoms with Crippen LogP contribution in [0, 0.1) is 6.92 Å². The minimum absolute atomic E-state index is 0.0846. The van der Waals surface area contributed by atoms with Crippen molar-refractivity contribution in [1.29, 1.82) is 0 Å². The number of Topliss-reactive ketones (excluding diaryl/α,β-unsaturated/α-hetero) is 1. The molecule has 0 radical (unpaired) electrons. The van der Waals surface area contributed by atoms with Crippen LogP contribution < -0.4 is 5.73 Å². The van der Waals surface area contributed by atoms with Crippen LogP contribution in [0.25, 0.3) is 0 Å². The lowest BCUT2D eigenvalue weighted by molar-refractivity contribution is 0.0977. The van der Waals surface area contributed by atoms with Crippen LogP contribution >= 0.6 is 15.9 Å². The summed E-state index contributed by atoms with van der Waals surface area (Å²) in [6.07, 6.45) is 1.26. The van der Waals surface area contributed by atoms with E-state index in [1.165, 1.54) is 0 Å². The molecule has 2 nitrogen and oxygen atoms in total. The first-order chi connectivity index (χ1) is 7.00. The number of hydrogen-bond acceptors (Lipinski definition) is 2. The summed E-state index contributed by atoms with van der Waals surface area (Å²) in [6, 6.07) is 5.85. The highest BCUT2D eigenvalue weighted by Crippen LogP contribution is 2.18. The van der Waals surface area contributed by atoms with Gasteiger partial charge >= 0.3 is 0 Å². The maximum Gasteiger partial charge on any atom is 0.163 e. The fourth-order valence-corrected chi connectivity index (χ4v) is 1.75. The first-order valence-electron chi connectivity index (χ1n) is 5.05. The molecule has 3 heteroatoms. The maximum absolute atomic E-state index is 11.8. The van der Waals surface area contributed by atoms with E-state index in [0.717, 1.165) is 22.0 Å². The standard InChI is InChI=1S/C12H16BrNO/c1-8-3-5-10(13)7-11(8)12(15)6-4-9(2)14/h3,5,7,9H,4,6,14H2,1-2H3. The Hall–Kier alpha value is -0.670. The largest absolute Gasteiger partial charge is 0.328 e. The van der Waals surface area contributed by atoms with E-state index in [1.807, 2.05) is 32.0 Å². The Kier molecular flexibility index (Phi) is 4.48. The molecule has 15 heavy (non-hydrogen) atoms. The van der Waals surface area contributed by atoms with E-state index in [0.29, 0.717) is 6.42 Å². The van der Waals surface area contributed by atoms with Crippen molar-refractivity contribution in [1.82, 2.24) is 0 Å². The van der Waals surface area contributed by atoms with Gasteiger partial charge < -0.3 is 5.73 Å². The first kappa shape index (κ1) is 12.4. The van der Waals surface area contributed by atoms with Gasteiger partial charge in [-0.05, 0) is 38.0 Å². The fraction of sp³-hybridized carbons (Fsp3) is 0.417. The third-order valence-electron chi connectivity index (χ3n) is 2.33. The second-order valence-electron chi connectivity index (χ2n) is 3.90. The number of hydrogen-bond donors (Lipinski definition) is 1. The monoisotopic (exact) mass is 269 g/mol. The number of ketones is 1. The number of aryl methyl sites for hydroxylation is 1. The van der Waals surface area contributed by atoms with Crippen molar-refractivity contribution in [2.45, 2.75) is 32.7 Å². The van der Waals surface area contributed by atoms with Crippen LogP contribution in [0.4, 0.5) is 0 Å². The van der Waals surface area contributed by atoms with Gasteiger partial charge in [-0.1, -0.05) is 22.0 Å². The molecule has 0 spiro atoms. The minimum atomic E-state index is 0.0846. The van der Waals surface area contributed by atoms with Crippen LogP contribution in [0.5, 0.6) is 0 Å². The topological polar surface area (TPSA) is 43.1 Å². The molecule has 0 aromatic heterocycles. The Balaban J connectivity index is 2.77. The van der Waals surface area contributed by atoms with Gasteiger partial charge in [0.15, 0.2) is 5.78 Å². The summed E-state index contributed by atoms with van der Waals surface area (Å²) in [5.74, 6) is 0.172. The van der Waals surface area contributed by atoms with Crippen LogP contribution in [0.2, 0.25) is 0 Å². The summed E-state index contributed by atoms with van der Waals surface area (Å²) in [5, 5.41) is 0. The van der Waals surface area contributed by atoms with Gasteiger partial charge in [-0.25, -0.2) is 0 Å². The van der Waals surface area contributed by atoms with Gasteiger partial charge in [0.05, 0.1) is 0 Å². The molecule has 1 atom stereocenters. The quantitative estimate of drug-likeness (QED) is 0.854. The molecular formula is C12H16BrNO. The molecule has 1 aromatic carbocycles. The lowest BCUT2D eigenvalue weighted by Crippen LogP contribution is -2.16. The summed E-state index contributed by atoms with van der Waals surface area (Å²) in [7, 11) is 0. The average molecular weight is 270 g/mol. The number of carbonyl (C=O) groups is 1. The maximum atomic E-state index is 11.8. The molecule has 0 saturated heterocycles. The van der Waals surface area contributed by atoms with Crippen molar-refractivity contribution < 1.29 is 4.79 Å². The van der Waals surface area contributed by atoms with Crippen molar-refractivity contribution in [3.05, 3.63) is 33.8 Å². The number of benzene rings is 1. The van der Waals surface area contributed by atoms with Crippen molar-refractivity contribution in [3.63, 3.8) is 0 Å². The van der Waals surface area contributed by atoms with Crippen LogP contribution in [0.3, 0.4) is 0 Å². The zero-order valence-electron chi connectivity index (χ0n) is 9.09. The fourth-order valence-electron chi connectivity index (χ4n) is 1.39. The van der Waals surface area contributed by atoms with Gasteiger partial charge in [0.1, 0.15) is 0 Å². The Morgan fingerprint density at radius 1 is 1.53 bits per heavy atom. The normalized spacial score (nSPS) is 12.5. The van der Waals surface area contributed by atoms with E-state index < -0.39 is 0 Å². The summed E-state index contributed by atoms with van der Waals surface area (Å²) in [4.78, 5) is 11.8. The molecule has 1 aromatic rings. The lowest BCUT2D eigenvalue weighted by atomic mass is 10.0. The number of nitrogens with two attached hydrogens (primary N) is 1. The summed E-state index contributed by atoms with van der Waals surface area (Å²) < 4.78 is 0.942. The van der Waals surface area contributed by atoms with Gasteiger partial charge in [-0.15, -0.1) is 0 Å². The first-order valence-corrected chi connectivity index (χ1v) is 5.85. The number of halogens is 1. The van der Waals surface area contributed by atoms with Gasteiger partial charge in [-0.2, -0.15) is 0 Å². The molecule has 0 aliphatic heterocycles. The Morgan fingerprint density at radius 3 is 2.80 bits per heavy atom. The highest BCUT2D eigenvalue weighted by molar-refractivity contribution is 9.10. The summed E-state index contributed by atoms with van der Waals surface area (Å²) in [5.41, 5.74) is 7.44. The van der Waals surface area contributed by atoms with Gasteiger partial charge in [0.2, 0.25) is 0 Å². The molecule has 0 heterocycles. The third-order valence-corrected chi connectivity index (χ3v) is 2.82.